The van der Waals surface area contributed by atoms with Crippen LogP contribution in [0.4, 0.5) is 5.13 Å². The second-order valence-electron chi connectivity index (χ2n) is 7.81. The summed E-state index contributed by atoms with van der Waals surface area (Å²) >= 11 is 1.12. The molecule has 33 heavy (non-hydrogen) atoms. The van der Waals surface area contributed by atoms with Gasteiger partial charge >= 0.3 is 0 Å². The van der Waals surface area contributed by atoms with Crippen molar-refractivity contribution in [1.82, 2.24) is 9.97 Å². The molecule has 1 saturated carbocycles. The van der Waals surface area contributed by atoms with E-state index in [0.29, 0.717) is 48.4 Å². The lowest BCUT2D eigenvalue weighted by Crippen LogP contribution is -2.25. The molecular formula is C21H20N4O6S2. The van der Waals surface area contributed by atoms with Crippen molar-refractivity contribution >= 4 is 48.3 Å². The molecule has 0 spiro atoms. The molecule has 2 N–H and O–H groups in total. The second kappa shape index (κ2) is 8.69. The predicted octanol–water partition coefficient (Wildman–Crippen LogP) is 2.07. The smallest absolute Gasteiger partial charge is 0.280 e. The highest BCUT2D eigenvalue weighted by Gasteiger charge is 2.36. The number of anilines is 1. The molecule has 2 fully saturated rings. The van der Waals surface area contributed by atoms with Gasteiger partial charge in [-0.1, -0.05) is 28.6 Å². The number of benzene rings is 1. The number of nitrogens with zero attached hydrogens (tertiary/aromatic N) is 2. The standard InChI is InChI=1S/C21H20N4O6S2/c26-17-8-7-16-20(23-17)32-21(22-16)24-19(27)18(25-31-13-9-10-30-11-13)12-1-3-14(4-2-12)33(28,29)15-5-6-15/h1-4,7-8,13,15H,5-6,9-11H2,(H,23,26)(H,22,24,27)/t13-/m1/s1. The summed E-state index contributed by atoms with van der Waals surface area (Å²) in [5, 5.41) is 6.71. The molecule has 2 aromatic heterocycles. The second-order valence-corrected chi connectivity index (χ2v) is 11.0. The molecule has 172 valence electrons. The zero-order valence-corrected chi connectivity index (χ0v) is 18.9. The van der Waals surface area contributed by atoms with Crippen LogP contribution in [0.3, 0.4) is 0 Å². The number of oxime groups is 1. The minimum absolute atomic E-state index is 0.0231. The van der Waals surface area contributed by atoms with Crippen molar-refractivity contribution in [2.24, 2.45) is 5.16 Å². The van der Waals surface area contributed by atoms with Crippen LogP contribution in [0.15, 0.2) is 51.2 Å². The van der Waals surface area contributed by atoms with E-state index in [4.69, 9.17) is 9.57 Å². The Morgan fingerprint density at radius 1 is 1.18 bits per heavy atom. The molecule has 1 aliphatic heterocycles. The van der Waals surface area contributed by atoms with Crippen LogP contribution in [-0.4, -0.2) is 54.6 Å². The van der Waals surface area contributed by atoms with Crippen molar-refractivity contribution in [2.45, 2.75) is 35.5 Å². The Kier molecular flexibility index (Phi) is 5.72. The summed E-state index contributed by atoms with van der Waals surface area (Å²) < 4.78 is 30.2. The monoisotopic (exact) mass is 488 g/mol. The Hall–Kier alpha value is -3.09. The maximum atomic E-state index is 13.1. The molecule has 10 nitrogen and oxygen atoms in total. The fraction of sp³-hybridized carbons (Fsp3) is 0.333. The molecule has 1 atom stereocenters. The van der Waals surface area contributed by atoms with Gasteiger partial charge in [-0.15, -0.1) is 0 Å². The fourth-order valence-corrected chi connectivity index (χ4v) is 5.88. The summed E-state index contributed by atoms with van der Waals surface area (Å²) in [4.78, 5) is 37.8. The van der Waals surface area contributed by atoms with E-state index in [2.05, 4.69) is 20.4 Å². The van der Waals surface area contributed by atoms with Crippen LogP contribution >= 0.6 is 11.3 Å². The van der Waals surface area contributed by atoms with Gasteiger partial charge in [-0.2, -0.15) is 0 Å². The van der Waals surface area contributed by atoms with E-state index >= 15 is 0 Å². The first kappa shape index (κ1) is 21.7. The average Bonchev–Trinajstić information content (AvgIpc) is 3.40. The molecular weight excluding hydrogens is 468 g/mol. The number of nitrogens with one attached hydrogen (secondary N) is 2. The lowest BCUT2D eigenvalue weighted by atomic mass is 10.1. The summed E-state index contributed by atoms with van der Waals surface area (Å²) in [6, 6.07) is 8.96. The Morgan fingerprint density at radius 3 is 2.67 bits per heavy atom. The number of aromatic nitrogens is 2. The fourth-order valence-electron chi connectivity index (χ4n) is 3.37. The van der Waals surface area contributed by atoms with Crippen molar-refractivity contribution in [3.05, 3.63) is 52.3 Å². The number of pyridine rings is 1. The van der Waals surface area contributed by atoms with E-state index < -0.39 is 15.7 Å². The first-order valence-electron chi connectivity index (χ1n) is 10.4. The number of H-pyrrole nitrogens is 1. The number of sulfone groups is 1. The van der Waals surface area contributed by atoms with Crippen LogP contribution in [0.1, 0.15) is 24.8 Å². The van der Waals surface area contributed by atoms with Gasteiger partial charge in [0, 0.05) is 18.1 Å². The number of thiazole rings is 1. The summed E-state index contributed by atoms with van der Waals surface area (Å²) in [5.74, 6) is -0.576. The summed E-state index contributed by atoms with van der Waals surface area (Å²) in [6.45, 7) is 0.932. The average molecular weight is 489 g/mol. The van der Waals surface area contributed by atoms with E-state index in [-0.39, 0.29) is 32.7 Å². The number of ether oxygens (including phenoxy) is 1. The van der Waals surface area contributed by atoms with E-state index in [9.17, 15) is 18.0 Å². The Balaban J connectivity index is 1.42. The number of fused-ring (bicyclic) bond motifs is 1. The van der Waals surface area contributed by atoms with Crippen molar-refractivity contribution in [3.63, 3.8) is 0 Å². The van der Waals surface area contributed by atoms with E-state index in [1.54, 1.807) is 6.07 Å². The third kappa shape index (κ3) is 4.68. The lowest BCUT2D eigenvalue weighted by molar-refractivity contribution is -0.110. The SMILES string of the molecule is O=C(Nc1nc2ccc(=O)[nH]c2s1)C(=NO[C@@H]1CCOC1)c1ccc(S(=O)(=O)C2CC2)cc1. The number of hydrogen-bond donors (Lipinski definition) is 2. The first-order chi connectivity index (χ1) is 15.9. The van der Waals surface area contributed by atoms with Gasteiger partial charge in [0.15, 0.2) is 26.8 Å². The molecule has 1 saturated heterocycles. The zero-order valence-electron chi connectivity index (χ0n) is 17.3. The maximum absolute atomic E-state index is 13.1. The zero-order chi connectivity index (χ0) is 23.0. The third-order valence-electron chi connectivity index (χ3n) is 5.32. The minimum Gasteiger partial charge on any atom is -0.389 e. The number of hydrogen-bond acceptors (Lipinski definition) is 9. The van der Waals surface area contributed by atoms with Crippen LogP contribution in [-0.2, 0) is 24.2 Å². The van der Waals surface area contributed by atoms with Crippen LogP contribution in [0.5, 0.6) is 0 Å². The molecule has 0 unspecified atom stereocenters. The molecule has 12 heteroatoms. The summed E-state index contributed by atoms with van der Waals surface area (Å²) in [5.41, 5.74) is 0.655. The molecule has 1 amide bonds. The lowest BCUT2D eigenvalue weighted by Gasteiger charge is -2.10. The van der Waals surface area contributed by atoms with Gasteiger partial charge in [0.25, 0.3) is 5.91 Å². The molecule has 3 heterocycles. The number of carbonyl (C=O) groups is 1. The quantitative estimate of drug-likeness (QED) is 0.383. The van der Waals surface area contributed by atoms with Gasteiger partial charge in [0.2, 0.25) is 5.56 Å². The Morgan fingerprint density at radius 2 is 1.97 bits per heavy atom. The first-order valence-corrected chi connectivity index (χ1v) is 12.7. The number of amides is 1. The summed E-state index contributed by atoms with van der Waals surface area (Å²) in [7, 11) is -3.35. The van der Waals surface area contributed by atoms with E-state index in [0.717, 1.165) is 11.3 Å². The van der Waals surface area contributed by atoms with E-state index in [1.807, 2.05) is 0 Å². The highest BCUT2D eigenvalue weighted by molar-refractivity contribution is 7.92. The topological polar surface area (TPSA) is 140 Å². The van der Waals surface area contributed by atoms with Gasteiger partial charge in [0.05, 0.1) is 23.4 Å². The largest absolute Gasteiger partial charge is 0.389 e. The van der Waals surface area contributed by atoms with Crippen molar-refractivity contribution < 1.29 is 22.8 Å². The molecule has 0 radical (unpaired) electrons. The normalized spacial score (nSPS) is 19.0. The summed E-state index contributed by atoms with van der Waals surface area (Å²) in [6.07, 6.45) is 1.73. The number of aromatic amines is 1. The maximum Gasteiger partial charge on any atom is 0.280 e. The van der Waals surface area contributed by atoms with Gasteiger partial charge in [-0.25, -0.2) is 13.4 Å². The van der Waals surface area contributed by atoms with Gasteiger partial charge in [-0.05, 0) is 31.0 Å². The molecule has 3 aromatic rings. The highest BCUT2D eigenvalue weighted by Crippen LogP contribution is 2.33. The minimum atomic E-state index is -3.35. The molecule has 2 aliphatic rings. The Labute approximate surface area is 192 Å². The van der Waals surface area contributed by atoms with Gasteiger partial charge < -0.3 is 14.6 Å². The third-order valence-corrected chi connectivity index (χ3v) is 8.50. The number of carbonyl (C=O) groups excluding carboxylic acids is 1. The van der Waals surface area contributed by atoms with Gasteiger partial charge in [-0.3, -0.25) is 14.9 Å². The molecule has 1 aromatic carbocycles. The van der Waals surface area contributed by atoms with Crippen LogP contribution in [0.25, 0.3) is 10.3 Å². The molecule has 1 aliphatic carbocycles. The number of rotatable bonds is 7. The predicted molar refractivity (Wildman–Crippen MR) is 122 cm³/mol. The van der Waals surface area contributed by atoms with E-state index in [1.165, 1.54) is 30.3 Å². The van der Waals surface area contributed by atoms with Crippen molar-refractivity contribution in [3.8, 4) is 0 Å². The van der Waals surface area contributed by atoms with Crippen LogP contribution in [0, 0.1) is 0 Å². The van der Waals surface area contributed by atoms with Gasteiger partial charge in [0.1, 0.15) is 10.3 Å². The molecule has 5 rings (SSSR count). The Bertz CT molecular complexity index is 1380. The van der Waals surface area contributed by atoms with Crippen LogP contribution < -0.4 is 10.9 Å². The highest BCUT2D eigenvalue weighted by atomic mass is 32.2. The van der Waals surface area contributed by atoms with Crippen molar-refractivity contribution in [1.29, 1.82) is 0 Å². The van der Waals surface area contributed by atoms with Crippen molar-refractivity contribution in [2.75, 3.05) is 18.5 Å². The molecule has 0 bridgehead atoms. The van der Waals surface area contributed by atoms with Crippen LogP contribution in [0.2, 0.25) is 0 Å².